The number of aryl methyl sites for hydroxylation is 1. The summed E-state index contributed by atoms with van der Waals surface area (Å²) in [5.74, 6) is 1.02. The molecule has 0 radical (unpaired) electrons. The lowest BCUT2D eigenvalue weighted by atomic mass is 10.0. The SMILES string of the molecule is CCc1c(C(C)NC(C)CC(C)O)oc2ccccc12. The fraction of sp³-hybridized carbons (Fsp3) is 0.529. The topological polar surface area (TPSA) is 45.4 Å². The zero-order valence-electron chi connectivity index (χ0n) is 12.8. The molecule has 1 aromatic heterocycles. The van der Waals surface area contributed by atoms with Gasteiger partial charge in [-0.2, -0.15) is 0 Å². The predicted molar refractivity (Wildman–Crippen MR) is 82.9 cm³/mol. The van der Waals surface area contributed by atoms with E-state index in [1.54, 1.807) is 0 Å². The Hall–Kier alpha value is -1.32. The van der Waals surface area contributed by atoms with Crippen LogP contribution in [0, 0.1) is 0 Å². The summed E-state index contributed by atoms with van der Waals surface area (Å²) in [6.07, 6.45) is 1.42. The highest BCUT2D eigenvalue weighted by Crippen LogP contribution is 2.30. The number of aliphatic hydroxyl groups excluding tert-OH is 1. The van der Waals surface area contributed by atoms with E-state index in [4.69, 9.17) is 4.42 Å². The Labute approximate surface area is 121 Å². The van der Waals surface area contributed by atoms with Crippen molar-refractivity contribution >= 4 is 11.0 Å². The Morgan fingerprint density at radius 1 is 1.20 bits per heavy atom. The number of hydrogen-bond acceptors (Lipinski definition) is 3. The molecule has 0 bridgehead atoms. The van der Waals surface area contributed by atoms with Crippen molar-refractivity contribution in [3.63, 3.8) is 0 Å². The van der Waals surface area contributed by atoms with E-state index in [0.29, 0.717) is 0 Å². The second kappa shape index (κ2) is 6.42. The van der Waals surface area contributed by atoms with Gasteiger partial charge < -0.3 is 14.8 Å². The molecule has 0 saturated carbocycles. The molecule has 0 spiro atoms. The lowest BCUT2D eigenvalue weighted by Crippen LogP contribution is -2.31. The van der Waals surface area contributed by atoms with Crippen LogP contribution in [0.4, 0.5) is 0 Å². The van der Waals surface area contributed by atoms with E-state index in [-0.39, 0.29) is 18.2 Å². The van der Waals surface area contributed by atoms with Gasteiger partial charge in [-0.05, 0) is 39.7 Å². The van der Waals surface area contributed by atoms with Gasteiger partial charge in [0.25, 0.3) is 0 Å². The van der Waals surface area contributed by atoms with Gasteiger partial charge >= 0.3 is 0 Å². The van der Waals surface area contributed by atoms with Crippen LogP contribution in [0.5, 0.6) is 0 Å². The van der Waals surface area contributed by atoms with E-state index in [1.807, 2.05) is 19.1 Å². The number of rotatable bonds is 6. The molecular formula is C17H25NO2. The highest BCUT2D eigenvalue weighted by atomic mass is 16.3. The molecule has 3 heteroatoms. The molecule has 20 heavy (non-hydrogen) atoms. The van der Waals surface area contributed by atoms with Crippen molar-refractivity contribution in [2.24, 2.45) is 0 Å². The van der Waals surface area contributed by atoms with Gasteiger partial charge in [-0.15, -0.1) is 0 Å². The lowest BCUT2D eigenvalue weighted by molar-refractivity contribution is 0.167. The maximum absolute atomic E-state index is 9.46. The first-order valence-electron chi connectivity index (χ1n) is 7.47. The van der Waals surface area contributed by atoms with Gasteiger partial charge in [-0.3, -0.25) is 0 Å². The molecule has 2 N–H and O–H groups in total. The summed E-state index contributed by atoms with van der Waals surface area (Å²) in [7, 11) is 0. The first kappa shape index (κ1) is 15.1. The summed E-state index contributed by atoms with van der Waals surface area (Å²) >= 11 is 0. The van der Waals surface area contributed by atoms with Crippen molar-refractivity contribution in [2.75, 3.05) is 0 Å². The molecule has 110 valence electrons. The summed E-state index contributed by atoms with van der Waals surface area (Å²) in [5, 5.41) is 14.2. The molecule has 3 atom stereocenters. The van der Waals surface area contributed by atoms with Gasteiger partial charge in [-0.1, -0.05) is 25.1 Å². The van der Waals surface area contributed by atoms with Crippen molar-refractivity contribution in [3.8, 4) is 0 Å². The lowest BCUT2D eigenvalue weighted by Gasteiger charge is -2.20. The van der Waals surface area contributed by atoms with Gasteiger partial charge in [0, 0.05) is 17.0 Å². The van der Waals surface area contributed by atoms with Crippen LogP contribution >= 0.6 is 0 Å². The van der Waals surface area contributed by atoms with Crippen LogP contribution in [-0.4, -0.2) is 17.3 Å². The van der Waals surface area contributed by atoms with Crippen molar-refractivity contribution in [2.45, 2.75) is 58.7 Å². The van der Waals surface area contributed by atoms with Crippen molar-refractivity contribution in [3.05, 3.63) is 35.6 Å². The maximum atomic E-state index is 9.46. The Bertz CT molecular complexity index is 559. The first-order valence-corrected chi connectivity index (χ1v) is 7.47. The molecule has 2 rings (SSSR count). The highest BCUT2D eigenvalue weighted by Gasteiger charge is 2.19. The largest absolute Gasteiger partial charge is 0.459 e. The summed E-state index contributed by atoms with van der Waals surface area (Å²) in [6, 6.07) is 8.59. The Morgan fingerprint density at radius 3 is 2.55 bits per heavy atom. The molecule has 0 saturated heterocycles. The zero-order valence-corrected chi connectivity index (χ0v) is 12.8. The average Bonchev–Trinajstić information content (AvgIpc) is 2.76. The van der Waals surface area contributed by atoms with Crippen LogP contribution in [0.1, 0.15) is 51.5 Å². The summed E-state index contributed by atoms with van der Waals surface area (Å²) < 4.78 is 6.03. The summed E-state index contributed by atoms with van der Waals surface area (Å²) in [4.78, 5) is 0. The second-order valence-electron chi connectivity index (χ2n) is 5.67. The molecular weight excluding hydrogens is 250 g/mol. The third kappa shape index (κ3) is 3.22. The summed E-state index contributed by atoms with van der Waals surface area (Å²) in [6.45, 7) is 8.20. The quantitative estimate of drug-likeness (QED) is 0.842. The minimum atomic E-state index is -0.286. The second-order valence-corrected chi connectivity index (χ2v) is 5.67. The van der Waals surface area contributed by atoms with Crippen LogP contribution in [0.15, 0.2) is 28.7 Å². The predicted octanol–water partition coefficient (Wildman–Crippen LogP) is 3.81. The van der Waals surface area contributed by atoms with Gasteiger partial charge in [0.15, 0.2) is 0 Å². The highest BCUT2D eigenvalue weighted by molar-refractivity contribution is 5.82. The van der Waals surface area contributed by atoms with E-state index in [1.165, 1.54) is 10.9 Å². The monoisotopic (exact) mass is 275 g/mol. The van der Waals surface area contributed by atoms with Gasteiger partial charge in [0.1, 0.15) is 11.3 Å². The van der Waals surface area contributed by atoms with Crippen LogP contribution in [0.2, 0.25) is 0 Å². The normalized spacial score (nSPS) is 16.2. The Morgan fingerprint density at radius 2 is 1.90 bits per heavy atom. The van der Waals surface area contributed by atoms with Crippen LogP contribution in [-0.2, 0) is 6.42 Å². The number of nitrogens with one attached hydrogen (secondary N) is 1. The van der Waals surface area contributed by atoms with E-state index in [9.17, 15) is 5.11 Å². The Kier molecular flexibility index (Phi) is 4.84. The number of furan rings is 1. The molecule has 0 aliphatic heterocycles. The number of aliphatic hydroxyl groups is 1. The molecule has 1 aromatic carbocycles. The maximum Gasteiger partial charge on any atom is 0.134 e. The third-order valence-electron chi connectivity index (χ3n) is 3.71. The van der Waals surface area contributed by atoms with Crippen LogP contribution in [0.3, 0.4) is 0 Å². The fourth-order valence-corrected chi connectivity index (χ4v) is 2.91. The standard InChI is InChI=1S/C17H25NO2/c1-5-14-15-8-6-7-9-16(15)20-17(14)13(4)18-11(2)10-12(3)19/h6-9,11-13,18-19H,5,10H2,1-4H3. The van der Waals surface area contributed by atoms with Gasteiger partial charge in [-0.25, -0.2) is 0 Å². The number of hydrogen-bond donors (Lipinski definition) is 2. The third-order valence-corrected chi connectivity index (χ3v) is 3.71. The van der Waals surface area contributed by atoms with E-state index in [0.717, 1.165) is 24.2 Å². The smallest absolute Gasteiger partial charge is 0.134 e. The van der Waals surface area contributed by atoms with Crippen molar-refractivity contribution in [1.82, 2.24) is 5.32 Å². The van der Waals surface area contributed by atoms with Gasteiger partial charge in [0.05, 0.1) is 12.1 Å². The van der Waals surface area contributed by atoms with Gasteiger partial charge in [0.2, 0.25) is 0 Å². The van der Waals surface area contributed by atoms with E-state index in [2.05, 4.69) is 38.2 Å². The summed E-state index contributed by atoms with van der Waals surface area (Å²) in [5.41, 5.74) is 2.24. The van der Waals surface area contributed by atoms with Crippen LogP contribution in [0.25, 0.3) is 11.0 Å². The minimum absolute atomic E-state index is 0.145. The average molecular weight is 275 g/mol. The fourth-order valence-electron chi connectivity index (χ4n) is 2.91. The molecule has 0 fully saturated rings. The molecule has 0 amide bonds. The molecule has 3 unspecified atom stereocenters. The van der Waals surface area contributed by atoms with Crippen molar-refractivity contribution < 1.29 is 9.52 Å². The zero-order chi connectivity index (χ0) is 14.7. The van der Waals surface area contributed by atoms with Crippen molar-refractivity contribution in [1.29, 1.82) is 0 Å². The first-order chi connectivity index (χ1) is 9.52. The van der Waals surface area contributed by atoms with E-state index >= 15 is 0 Å². The van der Waals surface area contributed by atoms with E-state index < -0.39 is 0 Å². The molecule has 0 aliphatic carbocycles. The molecule has 1 heterocycles. The minimum Gasteiger partial charge on any atom is -0.459 e. The molecule has 0 aliphatic rings. The number of para-hydroxylation sites is 1. The Balaban J connectivity index is 2.23. The molecule has 2 aromatic rings. The molecule has 3 nitrogen and oxygen atoms in total. The number of fused-ring (bicyclic) bond motifs is 1. The number of benzene rings is 1. The van der Waals surface area contributed by atoms with Crippen LogP contribution < -0.4 is 5.32 Å².